The first kappa shape index (κ1) is 24.7. The average Bonchev–Trinajstić information content (AvgIpc) is 3.41. The fraction of sp³-hybridized carbons (Fsp3) is 0.448. The Labute approximate surface area is 221 Å². The van der Waals surface area contributed by atoms with E-state index < -0.39 is 6.04 Å². The quantitative estimate of drug-likeness (QED) is 0.415. The maximum atomic E-state index is 14.5. The van der Waals surface area contributed by atoms with Gasteiger partial charge in [-0.3, -0.25) is 9.69 Å². The highest BCUT2D eigenvalue weighted by Gasteiger charge is 2.34. The van der Waals surface area contributed by atoms with Crippen molar-refractivity contribution in [3.8, 4) is 0 Å². The summed E-state index contributed by atoms with van der Waals surface area (Å²) in [5, 5.41) is 14.0. The van der Waals surface area contributed by atoms with Crippen LogP contribution in [0.25, 0.3) is 10.9 Å². The Hall–Kier alpha value is -3.59. The number of benzene rings is 2. The standard InChI is InChI=1S/C29H34FN7O/c1-19-16-21-18-23(29(38)31-25(21)17-20(19)2)27(28-32-33-34-37(28)22-8-4-3-5-9-22)36-14-12-35(13-15-36)26-11-7-6-10-24(26)30/h6-7,10-11,16-18,22,27H,3-5,8-9,12-15H2,1-2H3,(H,31,38)/t27-/m1/s1. The summed E-state index contributed by atoms with van der Waals surface area (Å²) in [5.74, 6) is 0.500. The molecule has 0 spiro atoms. The number of aryl methyl sites for hydroxylation is 2. The number of nitrogens with zero attached hydrogens (tertiary/aromatic N) is 6. The van der Waals surface area contributed by atoms with E-state index in [1.165, 1.54) is 18.1 Å². The Morgan fingerprint density at radius 2 is 1.71 bits per heavy atom. The number of hydrogen-bond acceptors (Lipinski definition) is 6. The Kier molecular flexibility index (Phi) is 6.69. The minimum Gasteiger partial charge on any atom is -0.367 e. The number of tetrazole rings is 1. The van der Waals surface area contributed by atoms with Crippen LogP contribution in [-0.2, 0) is 0 Å². The normalized spacial score (nSPS) is 18.2. The van der Waals surface area contributed by atoms with Crippen molar-refractivity contribution in [2.24, 2.45) is 0 Å². The van der Waals surface area contributed by atoms with Crippen LogP contribution < -0.4 is 10.5 Å². The zero-order valence-corrected chi connectivity index (χ0v) is 22.0. The molecule has 3 heterocycles. The van der Waals surface area contributed by atoms with Crippen LogP contribution in [0.5, 0.6) is 0 Å². The first-order valence-electron chi connectivity index (χ1n) is 13.6. The molecule has 6 rings (SSSR count). The van der Waals surface area contributed by atoms with Gasteiger partial charge in [0.1, 0.15) is 11.9 Å². The van der Waals surface area contributed by atoms with Gasteiger partial charge in [0.05, 0.1) is 11.7 Å². The van der Waals surface area contributed by atoms with E-state index in [2.05, 4.69) is 50.2 Å². The number of fused-ring (bicyclic) bond motifs is 1. The van der Waals surface area contributed by atoms with Gasteiger partial charge in [-0.2, -0.15) is 0 Å². The zero-order valence-electron chi connectivity index (χ0n) is 22.0. The second kappa shape index (κ2) is 10.3. The molecule has 0 amide bonds. The molecule has 0 radical (unpaired) electrons. The molecule has 8 nitrogen and oxygen atoms in total. The molecule has 1 aliphatic carbocycles. The summed E-state index contributed by atoms with van der Waals surface area (Å²) in [6.07, 6.45) is 5.63. The van der Waals surface area contributed by atoms with Gasteiger partial charge >= 0.3 is 0 Å². The molecule has 1 saturated carbocycles. The van der Waals surface area contributed by atoms with Crippen molar-refractivity contribution in [2.45, 2.75) is 58.0 Å². The lowest BCUT2D eigenvalue weighted by Crippen LogP contribution is -2.49. The predicted octanol–water partition coefficient (Wildman–Crippen LogP) is 4.69. The van der Waals surface area contributed by atoms with E-state index in [-0.39, 0.29) is 17.4 Å². The minimum atomic E-state index is -0.399. The van der Waals surface area contributed by atoms with Crippen molar-refractivity contribution >= 4 is 16.6 Å². The number of H-pyrrole nitrogens is 1. The van der Waals surface area contributed by atoms with E-state index in [4.69, 9.17) is 0 Å². The van der Waals surface area contributed by atoms with Crippen molar-refractivity contribution < 1.29 is 4.39 Å². The Morgan fingerprint density at radius 3 is 2.47 bits per heavy atom. The SMILES string of the molecule is Cc1cc2cc([C@H](c3nnnn3C3CCCCC3)N3CCN(c4ccccc4F)CC3)c(=O)[nH]c2cc1C. The third-order valence-corrected chi connectivity index (χ3v) is 8.34. The molecule has 1 N–H and O–H groups in total. The molecule has 4 aromatic rings. The lowest BCUT2D eigenvalue weighted by Gasteiger charge is -2.40. The monoisotopic (exact) mass is 515 g/mol. The highest BCUT2D eigenvalue weighted by molar-refractivity contribution is 5.81. The molecule has 9 heteroatoms. The molecule has 2 aliphatic rings. The second-order valence-corrected chi connectivity index (χ2v) is 10.7. The molecular formula is C29H34FN7O. The van der Waals surface area contributed by atoms with Crippen LogP contribution in [0.2, 0.25) is 0 Å². The number of aromatic amines is 1. The Balaban J connectivity index is 1.40. The Morgan fingerprint density at radius 1 is 0.974 bits per heavy atom. The van der Waals surface area contributed by atoms with E-state index in [9.17, 15) is 9.18 Å². The van der Waals surface area contributed by atoms with Gasteiger partial charge in [-0.05, 0) is 84.0 Å². The smallest absolute Gasteiger partial charge is 0.253 e. The molecule has 198 valence electrons. The summed E-state index contributed by atoms with van der Waals surface area (Å²) in [6.45, 7) is 6.74. The summed E-state index contributed by atoms with van der Waals surface area (Å²) in [4.78, 5) is 21.1. The van der Waals surface area contributed by atoms with Gasteiger partial charge in [-0.15, -0.1) is 5.10 Å². The first-order valence-corrected chi connectivity index (χ1v) is 13.6. The van der Waals surface area contributed by atoms with Crippen LogP contribution in [0.4, 0.5) is 10.1 Å². The number of anilines is 1. The maximum Gasteiger partial charge on any atom is 0.253 e. The molecule has 2 aromatic heterocycles. The summed E-state index contributed by atoms with van der Waals surface area (Å²) in [5.41, 5.74) is 4.29. The summed E-state index contributed by atoms with van der Waals surface area (Å²) >= 11 is 0. The van der Waals surface area contributed by atoms with E-state index >= 15 is 0 Å². The van der Waals surface area contributed by atoms with Crippen LogP contribution in [0.3, 0.4) is 0 Å². The summed E-state index contributed by atoms with van der Waals surface area (Å²) in [6, 6.07) is 12.9. The van der Waals surface area contributed by atoms with Crippen molar-refractivity contribution in [2.75, 3.05) is 31.1 Å². The fourth-order valence-electron chi connectivity index (χ4n) is 6.09. The predicted molar refractivity (Wildman–Crippen MR) is 146 cm³/mol. The highest BCUT2D eigenvalue weighted by Crippen LogP contribution is 2.34. The number of nitrogens with one attached hydrogen (secondary N) is 1. The molecular weight excluding hydrogens is 481 g/mol. The van der Waals surface area contributed by atoms with Crippen molar-refractivity contribution in [1.82, 2.24) is 30.1 Å². The van der Waals surface area contributed by atoms with E-state index in [0.717, 1.165) is 42.1 Å². The average molecular weight is 516 g/mol. The first-order chi connectivity index (χ1) is 18.5. The van der Waals surface area contributed by atoms with Gasteiger partial charge < -0.3 is 9.88 Å². The maximum absolute atomic E-state index is 14.5. The second-order valence-electron chi connectivity index (χ2n) is 10.7. The zero-order chi connectivity index (χ0) is 26.2. The largest absolute Gasteiger partial charge is 0.367 e. The number of hydrogen-bond donors (Lipinski definition) is 1. The fourth-order valence-corrected chi connectivity index (χ4v) is 6.09. The number of piperazine rings is 1. The van der Waals surface area contributed by atoms with E-state index in [1.54, 1.807) is 6.07 Å². The molecule has 2 aromatic carbocycles. The van der Waals surface area contributed by atoms with Gasteiger partial charge in [0.25, 0.3) is 5.56 Å². The van der Waals surface area contributed by atoms with Crippen LogP contribution in [0.15, 0.2) is 47.3 Å². The van der Waals surface area contributed by atoms with Gasteiger partial charge in [0.15, 0.2) is 5.82 Å². The lowest BCUT2D eigenvalue weighted by molar-refractivity contribution is 0.192. The van der Waals surface area contributed by atoms with Crippen molar-refractivity contribution in [3.05, 3.63) is 81.2 Å². The third-order valence-electron chi connectivity index (χ3n) is 8.34. The molecule has 1 aliphatic heterocycles. The molecule has 0 bridgehead atoms. The molecule has 2 fully saturated rings. The highest BCUT2D eigenvalue weighted by atomic mass is 19.1. The number of rotatable bonds is 5. The number of pyridine rings is 1. The van der Waals surface area contributed by atoms with Gasteiger partial charge in [-0.1, -0.05) is 31.4 Å². The van der Waals surface area contributed by atoms with Gasteiger partial charge in [0, 0.05) is 37.3 Å². The van der Waals surface area contributed by atoms with Gasteiger partial charge in [-0.25, -0.2) is 9.07 Å². The summed E-state index contributed by atoms with van der Waals surface area (Å²) in [7, 11) is 0. The molecule has 1 saturated heterocycles. The van der Waals surface area contributed by atoms with Crippen LogP contribution >= 0.6 is 0 Å². The van der Waals surface area contributed by atoms with Crippen molar-refractivity contribution in [3.63, 3.8) is 0 Å². The van der Waals surface area contributed by atoms with E-state index in [0.29, 0.717) is 43.3 Å². The molecule has 38 heavy (non-hydrogen) atoms. The van der Waals surface area contributed by atoms with E-state index in [1.807, 2.05) is 28.9 Å². The summed E-state index contributed by atoms with van der Waals surface area (Å²) < 4.78 is 16.5. The van der Waals surface area contributed by atoms with Crippen LogP contribution in [-0.4, -0.2) is 56.3 Å². The topological polar surface area (TPSA) is 82.9 Å². The minimum absolute atomic E-state index is 0.125. The lowest BCUT2D eigenvalue weighted by atomic mass is 9.95. The van der Waals surface area contributed by atoms with Crippen LogP contribution in [0, 0.1) is 19.7 Å². The number of para-hydroxylation sites is 1. The number of halogens is 1. The van der Waals surface area contributed by atoms with Crippen LogP contribution in [0.1, 0.15) is 66.7 Å². The Bertz CT molecular complexity index is 1500. The molecule has 1 atom stereocenters. The van der Waals surface area contributed by atoms with Gasteiger partial charge in [0.2, 0.25) is 0 Å². The van der Waals surface area contributed by atoms with Crippen molar-refractivity contribution in [1.29, 1.82) is 0 Å². The third kappa shape index (κ3) is 4.60. The number of aromatic nitrogens is 5. The molecule has 0 unspecified atom stereocenters.